The second-order valence-electron chi connectivity index (χ2n) is 6.36. The van der Waals surface area contributed by atoms with Crippen molar-refractivity contribution in [2.24, 2.45) is 0 Å². The fourth-order valence-corrected chi connectivity index (χ4v) is 2.85. The molecule has 0 atom stereocenters. The lowest BCUT2D eigenvalue weighted by molar-refractivity contribution is 0.0924. The predicted molar refractivity (Wildman–Crippen MR) is 104 cm³/mol. The zero-order valence-electron chi connectivity index (χ0n) is 15.2. The summed E-state index contributed by atoms with van der Waals surface area (Å²) in [7, 11) is 2.09. The Morgan fingerprint density at radius 3 is 2.58 bits per heavy atom. The molecule has 0 bridgehead atoms. The average molecular weight is 348 g/mol. The minimum atomic E-state index is -0.204. The number of nitrogens with zero attached hydrogens (tertiary/aromatic N) is 1. The molecule has 26 heavy (non-hydrogen) atoms. The summed E-state index contributed by atoms with van der Waals surface area (Å²) < 4.78 is 5.44. The van der Waals surface area contributed by atoms with Crippen LogP contribution >= 0.6 is 0 Å². The van der Waals surface area contributed by atoms with Gasteiger partial charge in [-0.05, 0) is 36.3 Å². The van der Waals surface area contributed by atoms with Crippen LogP contribution in [-0.4, -0.2) is 24.4 Å². The quantitative estimate of drug-likeness (QED) is 0.691. The summed E-state index contributed by atoms with van der Waals surface area (Å²) in [4.78, 5) is 14.8. The monoisotopic (exact) mass is 348 g/mol. The molecule has 0 saturated heterocycles. The number of benzene rings is 2. The van der Waals surface area contributed by atoms with Gasteiger partial charge in [0, 0.05) is 18.7 Å². The lowest BCUT2D eigenvalue weighted by atomic mass is 10.1. The smallest absolute Gasteiger partial charge is 0.287 e. The molecule has 4 heteroatoms. The Labute approximate surface area is 154 Å². The van der Waals surface area contributed by atoms with Crippen LogP contribution in [0.4, 0.5) is 0 Å². The molecule has 0 unspecified atom stereocenters. The fraction of sp³-hybridized carbons (Fsp3) is 0.227. The predicted octanol–water partition coefficient (Wildman–Crippen LogP) is 4.33. The highest BCUT2D eigenvalue weighted by atomic mass is 16.3. The SMILES string of the molecule is CCN(C)Cc1cccc(CNC(=O)c2occc2-c2ccccc2)c1. The summed E-state index contributed by atoms with van der Waals surface area (Å²) in [6, 6.07) is 19.9. The fourth-order valence-electron chi connectivity index (χ4n) is 2.85. The van der Waals surface area contributed by atoms with E-state index in [1.165, 1.54) is 5.56 Å². The average Bonchev–Trinajstić information content (AvgIpc) is 3.17. The number of nitrogens with one attached hydrogen (secondary N) is 1. The van der Waals surface area contributed by atoms with Crippen molar-refractivity contribution in [3.63, 3.8) is 0 Å². The number of amides is 1. The summed E-state index contributed by atoms with van der Waals surface area (Å²) in [5, 5.41) is 2.96. The van der Waals surface area contributed by atoms with E-state index in [1.807, 2.05) is 48.5 Å². The molecular formula is C22H24N2O2. The van der Waals surface area contributed by atoms with E-state index in [9.17, 15) is 4.79 Å². The third kappa shape index (κ3) is 4.41. The molecule has 0 aliphatic carbocycles. The van der Waals surface area contributed by atoms with E-state index in [1.54, 1.807) is 6.26 Å². The van der Waals surface area contributed by atoms with Gasteiger partial charge in [-0.2, -0.15) is 0 Å². The van der Waals surface area contributed by atoms with Gasteiger partial charge in [0.2, 0.25) is 0 Å². The van der Waals surface area contributed by atoms with Crippen LogP contribution in [0, 0.1) is 0 Å². The lowest BCUT2D eigenvalue weighted by Gasteiger charge is -2.14. The molecule has 2 aromatic carbocycles. The van der Waals surface area contributed by atoms with Crippen molar-refractivity contribution in [1.29, 1.82) is 0 Å². The topological polar surface area (TPSA) is 45.5 Å². The molecular weight excluding hydrogens is 324 g/mol. The van der Waals surface area contributed by atoms with Gasteiger partial charge < -0.3 is 14.6 Å². The largest absolute Gasteiger partial charge is 0.459 e. The summed E-state index contributed by atoms with van der Waals surface area (Å²) in [6.45, 7) is 4.51. The van der Waals surface area contributed by atoms with Gasteiger partial charge in [-0.25, -0.2) is 0 Å². The van der Waals surface area contributed by atoms with Crippen molar-refractivity contribution >= 4 is 5.91 Å². The second kappa shape index (κ2) is 8.50. The molecule has 0 fully saturated rings. The zero-order chi connectivity index (χ0) is 18.4. The van der Waals surface area contributed by atoms with Crippen molar-refractivity contribution < 1.29 is 9.21 Å². The van der Waals surface area contributed by atoms with Crippen LogP contribution in [0.25, 0.3) is 11.1 Å². The van der Waals surface area contributed by atoms with E-state index in [0.29, 0.717) is 12.3 Å². The highest BCUT2D eigenvalue weighted by Crippen LogP contribution is 2.24. The molecule has 0 spiro atoms. The van der Waals surface area contributed by atoms with Crippen molar-refractivity contribution in [1.82, 2.24) is 10.2 Å². The first kappa shape index (κ1) is 18.0. The maximum Gasteiger partial charge on any atom is 0.287 e. The van der Waals surface area contributed by atoms with Crippen LogP contribution in [0.3, 0.4) is 0 Å². The number of hydrogen-bond donors (Lipinski definition) is 1. The Balaban J connectivity index is 1.67. The number of rotatable bonds is 7. The first-order valence-electron chi connectivity index (χ1n) is 8.85. The van der Waals surface area contributed by atoms with Crippen LogP contribution in [0.1, 0.15) is 28.6 Å². The lowest BCUT2D eigenvalue weighted by Crippen LogP contribution is -2.23. The first-order valence-corrected chi connectivity index (χ1v) is 8.85. The van der Waals surface area contributed by atoms with Crippen molar-refractivity contribution in [3.8, 4) is 11.1 Å². The normalized spacial score (nSPS) is 10.9. The Bertz CT molecular complexity index is 855. The van der Waals surface area contributed by atoms with Gasteiger partial charge in [0.05, 0.1) is 6.26 Å². The molecule has 1 N–H and O–H groups in total. The van der Waals surface area contributed by atoms with E-state index in [2.05, 4.69) is 36.3 Å². The van der Waals surface area contributed by atoms with Crippen LogP contribution in [0.15, 0.2) is 71.3 Å². The van der Waals surface area contributed by atoms with E-state index in [4.69, 9.17) is 4.42 Å². The first-order chi connectivity index (χ1) is 12.7. The van der Waals surface area contributed by atoms with E-state index >= 15 is 0 Å². The van der Waals surface area contributed by atoms with Gasteiger partial charge in [-0.1, -0.05) is 61.5 Å². The molecule has 0 aliphatic rings. The maximum absolute atomic E-state index is 12.6. The number of carbonyl (C=O) groups excluding carboxylic acids is 1. The second-order valence-corrected chi connectivity index (χ2v) is 6.36. The molecule has 1 aromatic heterocycles. The highest BCUT2D eigenvalue weighted by Gasteiger charge is 2.16. The number of carbonyl (C=O) groups is 1. The van der Waals surface area contributed by atoms with Crippen molar-refractivity contribution in [3.05, 3.63) is 83.8 Å². The van der Waals surface area contributed by atoms with Gasteiger partial charge in [0.25, 0.3) is 5.91 Å². The summed E-state index contributed by atoms with van der Waals surface area (Å²) >= 11 is 0. The van der Waals surface area contributed by atoms with E-state index in [-0.39, 0.29) is 5.91 Å². The van der Waals surface area contributed by atoms with Gasteiger partial charge in [0.15, 0.2) is 5.76 Å². The Morgan fingerprint density at radius 1 is 1.04 bits per heavy atom. The Morgan fingerprint density at radius 2 is 1.81 bits per heavy atom. The van der Waals surface area contributed by atoms with Crippen molar-refractivity contribution in [2.45, 2.75) is 20.0 Å². The molecule has 0 radical (unpaired) electrons. The summed E-state index contributed by atoms with van der Waals surface area (Å²) in [5.74, 6) is 0.142. The third-order valence-corrected chi connectivity index (χ3v) is 4.39. The van der Waals surface area contributed by atoms with Crippen LogP contribution in [0.5, 0.6) is 0 Å². The molecule has 3 rings (SSSR count). The van der Waals surface area contributed by atoms with E-state index < -0.39 is 0 Å². The zero-order valence-corrected chi connectivity index (χ0v) is 15.2. The van der Waals surface area contributed by atoms with Gasteiger partial charge in [0.1, 0.15) is 0 Å². The van der Waals surface area contributed by atoms with Crippen LogP contribution in [-0.2, 0) is 13.1 Å². The van der Waals surface area contributed by atoms with Gasteiger partial charge in [-0.3, -0.25) is 4.79 Å². The molecule has 0 aliphatic heterocycles. The summed E-state index contributed by atoms with van der Waals surface area (Å²) in [5.41, 5.74) is 4.09. The molecule has 4 nitrogen and oxygen atoms in total. The molecule has 1 heterocycles. The number of furan rings is 1. The van der Waals surface area contributed by atoms with Crippen LogP contribution in [0.2, 0.25) is 0 Å². The van der Waals surface area contributed by atoms with Crippen LogP contribution < -0.4 is 5.32 Å². The molecule has 3 aromatic rings. The third-order valence-electron chi connectivity index (χ3n) is 4.39. The Kier molecular flexibility index (Phi) is 5.87. The van der Waals surface area contributed by atoms with Gasteiger partial charge >= 0.3 is 0 Å². The van der Waals surface area contributed by atoms with E-state index in [0.717, 1.165) is 29.8 Å². The Hall–Kier alpha value is -2.85. The molecule has 1 amide bonds. The van der Waals surface area contributed by atoms with Gasteiger partial charge in [-0.15, -0.1) is 0 Å². The minimum absolute atomic E-state index is 0.204. The highest BCUT2D eigenvalue weighted by molar-refractivity contribution is 5.98. The minimum Gasteiger partial charge on any atom is -0.459 e. The molecule has 134 valence electrons. The van der Waals surface area contributed by atoms with Crippen molar-refractivity contribution in [2.75, 3.05) is 13.6 Å². The standard InChI is InChI=1S/C22H24N2O2/c1-3-24(2)16-18-9-7-8-17(14-18)15-23-22(25)21-20(12-13-26-21)19-10-5-4-6-11-19/h4-14H,3,15-16H2,1-2H3,(H,23,25). The maximum atomic E-state index is 12.6. The molecule has 0 saturated carbocycles. The summed E-state index contributed by atoms with van der Waals surface area (Å²) in [6.07, 6.45) is 1.55. The number of hydrogen-bond acceptors (Lipinski definition) is 3.